The molecular formula is C15H22N4O. The van der Waals surface area contributed by atoms with E-state index in [1.165, 1.54) is 12.8 Å². The number of fused-ring (bicyclic) bond motifs is 1. The van der Waals surface area contributed by atoms with Gasteiger partial charge < -0.3 is 15.0 Å². The third-order valence-corrected chi connectivity index (χ3v) is 4.04. The maximum absolute atomic E-state index is 9.05. The number of hydrogen-bond donors (Lipinski definition) is 2. The van der Waals surface area contributed by atoms with Crippen LogP contribution in [0, 0.1) is 5.92 Å². The highest BCUT2D eigenvalue weighted by atomic mass is 16.2. The van der Waals surface area contributed by atoms with E-state index in [1.54, 1.807) is 0 Å². The number of nitrogens with zero attached hydrogens (tertiary/aromatic N) is 3. The van der Waals surface area contributed by atoms with Gasteiger partial charge in [-0.3, -0.25) is 0 Å². The lowest BCUT2D eigenvalue weighted by molar-refractivity contribution is 0.285. The Labute approximate surface area is 119 Å². The van der Waals surface area contributed by atoms with Crippen LogP contribution in [0.15, 0.2) is 18.3 Å². The van der Waals surface area contributed by atoms with E-state index in [2.05, 4.69) is 19.9 Å². The Bertz CT molecular complexity index is 560. The summed E-state index contributed by atoms with van der Waals surface area (Å²) in [4.78, 5) is 9.19. The van der Waals surface area contributed by atoms with Crippen LogP contribution in [0.3, 0.4) is 0 Å². The topological polar surface area (TPSA) is 63.0 Å². The molecule has 108 valence electrons. The van der Waals surface area contributed by atoms with Crippen molar-refractivity contribution in [2.45, 2.75) is 32.2 Å². The van der Waals surface area contributed by atoms with E-state index >= 15 is 0 Å². The molecule has 0 aromatic carbocycles. The molecule has 2 N–H and O–H groups in total. The number of imidazole rings is 1. The Kier molecular flexibility index (Phi) is 4.28. The van der Waals surface area contributed by atoms with Crippen molar-refractivity contribution < 1.29 is 5.11 Å². The molecule has 1 saturated heterocycles. The van der Waals surface area contributed by atoms with Crippen molar-refractivity contribution in [2.24, 2.45) is 5.92 Å². The largest absolute Gasteiger partial charge is 0.396 e. The van der Waals surface area contributed by atoms with Gasteiger partial charge in [0, 0.05) is 25.8 Å². The standard InChI is InChI=1S/C15H22N4O/c20-10-2-4-14-18-13-3-1-7-17-15(13)19(14)11-12-5-8-16-9-6-12/h1,3,7,12,16,20H,2,4-6,8-11H2. The highest BCUT2D eigenvalue weighted by molar-refractivity contribution is 5.71. The van der Waals surface area contributed by atoms with Gasteiger partial charge in [-0.25, -0.2) is 9.97 Å². The summed E-state index contributed by atoms with van der Waals surface area (Å²) in [6.07, 6.45) is 5.84. The third-order valence-electron chi connectivity index (χ3n) is 4.04. The van der Waals surface area contributed by atoms with Gasteiger partial charge in [0.15, 0.2) is 5.65 Å². The van der Waals surface area contributed by atoms with Crippen molar-refractivity contribution in [1.82, 2.24) is 19.9 Å². The number of nitrogens with one attached hydrogen (secondary N) is 1. The highest BCUT2D eigenvalue weighted by Crippen LogP contribution is 2.20. The fourth-order valence-electron chi connectivity index (χ4n) is 2.95. The van der Waals surface area contributed by atoms with Crippen molar-refractivity contribution in [2.75, 3.05) is 19.7 Å². The first kappa shape index (κ1) is 13.5. The van der Waals surface area contributed by atoms with Gasteiger partial charge in [0.05, 0.1) is 0 Å². The molecule has 0 aliphatic carbocycles. The summed E-state index contributed by atoms with van der Waals surface area (Å²) in [6, 6.07) is 3.95. The summed E-state index contributed by atoms with van der Waals surface area (Å²) in [7, 11) is 0. The normalized spacial score (nSPS) is 16.9. The second-order valence-corrected chi connectivity index (χ2v) is 5.51. The minimum Gasteiger partial charge on any atom is -0.396 e. The third kappa shape index (κ3) is 2.83. The summed E-state index contributed by atoms with van der Waals surface area (Å²) in [5.41, 5.74) is 1.95. The first-order chi connectivity index (χ1) is 9.88. The lowest BCUT2D eigenvalue weighted by atomic mass is 9.98. The zero-order valence-electron chi connectivity index (χ0n) is 11.8. The second kappa shape index (κ2) is 6.33. The molecule has 20 heavy (non-hydrogen) atoms. The molecule has 0 amide bonds. The van der Waals surface area contributed by atoms with Gasteiger partial charge in [0.1, 0.15) is 11.3 Å². The minimum absolute atomic E-state index is 0.212. The second-order valence-electron chi connectivity index (χ2n) is 5.51. The van der Waals surface area contributed by atoms with E-state index in [4.69, 9.17) is 5.11 Å². The molecule has 0 unspecified atom stereocenters. The number of aryl methyl sites for hydroxylation is 1. The molecule has 0 radical (unpaired) electrons. The van der Waals surface area contributed by atoms with E-state index in [0.717, 1.165) is 49.5 Å². The summed E-state index contributed by atoms with van der Waals surface area (Å²) < 4.78 is 2.26. The number of rotatable bonds is 5. The summed E-state index contributed by atoms with van der Waals surface area (Å²) in [6.45, 7) is 3.42. The van der Waals surface area contributed by atoms with Gasteiger partial charge in [-0.1, -0.05) is 0 Å². The molecule has 5 heteroatoms. The Balaban J connectivity index is 1.88. The van der Waals surface area contributed by atoms with Crippen LogP contribution in [0.1, 0.15) is 25.1 Å². The van der Waals surface area contributed by atoms with Crippen LogP contribution >= 0.6 is 0 Å². The predicted octanol–water partition coefficient (Wildman–Crippen LogP) is 1.36. The van der Waals surface area contributed by atoms with Crippen LogP contribution in [-0.4, -0.2) is 39.3 Å². The Morgan fingerprint density at radius 2 is 2.20 bits per heavy atom. The number of piperidine rings is 1. The molecule has 0 atom stereocenters. The molecule has 0 spiro atoms. The first-order valence-corrected chi connectivity index (χ1v) is 7.50. The first-order valence-electron chi connectivity index (χ1n) is 7.50. The minimum atomic E-state index is 0.212. The van der Waals surface area contributed by atoms with Crippen LogP contribution < -0.4 is 5.32 Å². The molecule has 0 saturated carbocycles. The van der Waals surface area contributed by atoms with Crippen molar-refractivity contribution in [3.05, 3.63) is 24.2 Å². The van der Waals surface area contributed by atoms with Gasteiger partial charge in [-0.05, 0) is 50.4 Å². The van der Waals surface area contributed by atoms with Crippen molar-refractivity contribution >= 4 is 11.2 Å². The van der Waals surface area contributed by atoms with E-state index in [1.807, 2.05) is 18.3 Å². The van der Waals surface area contributed by atoms with E-state index in [9.17, 15) is 0 Å². The number of hydrogen-bond acceptors (Lipinski definition) is 4. The maximum atomic E-state index is 9.05. The lowest BCUT2D eigenvalue weighted by Gasteiger charge is -2.23. The van der Waals surface area contributed by atoms with Crippen molar-refractivity contribution in [1.29, 1.82) is 0 Å². The Hall–Kier alpha value is -1.46. The van der Waals surface area contributed by atoms with Crippen molar-refractivity contribution in [3.8, 4) is 0 Å². The molecule has 1 aliphatic rings. The van der Waals surface area contributed by atoms with Gasteiger partial charge in [0.2, 0.25) is 0 Å². The summed E-state index contributed by atoms with van der Waals surface area (Å²) in [5, 5.41) is 12.5. The van der Waals surface area contributed by atoms with Crippen molar-refractivity contribution in [3.63, 3.8) is 0 Å². The molecule has 1 fully saturated rings. The van der Waals surface area contributed by atoms with Gasteiger partial charge in [-0.2, -0.15) is 0 Å². The molecule has 3 heterocycles. The summed E-state index contributed by atoms with van der Waals surface area (Å²) in [5.74, 6) is 1.76. The van der Waals surface area contributed by atoms with Gasteiger partial charge in [-0.15, -0.1) is 0 Å². The molecule has 2 aromatic rings. The zero-order valence-corrected chi connectivity index (χ0v) is 11.8. The van der Waals surface area contributed by atoms with Gasteiger partial charge >= 0.3 is 0 Å². The Morgan fingerprint density at radius 3 is 3.00 bits per heavy atom. The number of pyridine rings is 1. The van der Waals surface area contributed by atoms with E-state index in [-0.39, 0.29) is 6.61 Å². The molecule has 0 bridgehead atoms. The van der Waals surface area contributed by atoms with Crippen LogP contribution in [0.25, 0.3) is 11.2 Å². The van der Waals surface area contributed by atoms with Crippen LogP contribution in [0.2, 0.25) is 0 Å². The highest BCUT2D eigenvalue weighted by Gasteiger charge is 2.18. The number of aliphatic hydroxyl groups is 1. The molecule has 3 rings (SSSR count). The molecular weight excluding hydrogens is 252 g/mol. The SMILES string of the molecule is OCCCc1nc2cccnc2n1CC1CCNCC1. The lowest BCUT2D eigenvalue weighted by Crippen LogP contribution is -2.30. The molecule has 1 aliphatic heterocycles. The smallest absolute Gasteiger partial charge is 0.159 e. The number of aliphatic hydroxyl groups excluding tert-OH is 1. The van der Waals surface area contributed by atoms with Crippen LogP contribution in [0.5, 0.6) is 0 Å². The average molecular weight is 274 g/mol. The van der Waals surface area contributed by atoms with E-state index in [0.29, 0.717) is 5.92 Å². The Morgan fingerprint density at radius 1 is 1.35 bits per heavy atom. The maximum Gasteiger partial charge on any atom is 0.159 e. The predicted molar refractivity (Wildman–Crippen MR) is 78.5 cm³/mol. The van der Waals surface area contributed by atoms with Crippen LogP contribution in [0.4, 0.5) is 0 Å². The van der Waals surface area contributed by atoms with Gasteiger partial charge in [0.25, 0.3) is 0 Å². The zero-order chi connectivity index (χ0) is 13.8. The average Bonchev–Trinajstić information content (AvgIpc) is 2.84. The molecule has 2 aromatic heterocycles. The van der Waals surface area contributed by atoms with E-state index < -0.39 is 0 Å². The monoisotopic (exact) mass is 274 g/mol. The fraction of sp³-hybridized carbons (Fsp3) is 0.600. The summed E-state index contributed by atoms with van der Waals surface area (Å²) >= 11 is 0. The van der Waals surface area contributed by atoms with Crippen LogP contribution in [-0.2, 0) is 13.0 Å². The quantitative estimate of drug-likeness (QED) is 0.864. The fourth-order valence-corrected chi connectivity index (χ4v) is 2.95. The number of aromatic nitrogens is 3. The molecule has 5 nitrogen and oxygen atoms in total.